The van der Waals surface area contributed by atoms with Crippen LogP contribution in [0, 0.1) is 0 Å². The minimum Gasteiger partial charge on any atom is -0.480 e. The minimum atomic E-state index is -1.37. The highest BCUT2D eigenvalue weighted by Gasteiger charge is 2.34. The Morgan fingerprint density at radius 3 is 1.07 bits per heavy atom. The molecule has 1 aromatic rings. The molecule has 22 heteroatoms. The molecule has 2 heterocycles. The van der Waals surface area contributed by atoms with E-state index in [1.165, 1.54) is 14.7 Å². The lowest BCUT2D eigenvalue weighted by Crippen LogP contribution is -2.52. The predicted octanol–water partition coefficient (Wildman–Crippen LogP) is -4.89. The quantitative estimate of drug-likeness (QED) is 0.0465. The Balaban J connectivity index is 2.54. The van der Waals surface area contributed by atoms with Gasteiger partial charge in [-0.25, -0.2) is 0 Å². The SMILES string of the molecule is O=C(CCC(C(=O)O)N1CCN(C(CCC(=O)NC(CO)CO)C(=O)O)Cc2cccc(n2)CN(C(CCC(=O)NC(CO)CO)C(=O)O)CC1)NC(CO)CO. The van der Waals surface area contributed by atoms with E-state index in [2.05, 4.69) is 20.9 Å². The topological polar surface area (TPSA) is 343 Å². The van der Waals surface area contributed by atoms with Gasteiger partial charge in [0, 0.05) is 58.5 Å². The number of nitrogens with one attached hydrogen (secondary N) is 3. The number of pyridine rings is 1. The van der Waals surface area contributed by atoms with Crippen LogP contribution in [-0.2, 0) is 41.9 Å². The van der Waals surface area contributed by atoms with Gasteiger partial charge in [0.2, 0.25) is 17.7 Å². The van der Waals surface area contributed by atoms with Gasteiger partial charge in [-0.15, -0.1) is 0 Å². The van der Waals surface area contributed by atoms with Crippen molar-refractivity contribution in [2.45, 2.75) is 87.9 Å². The summed E-state index contributed by atoms with van der Waals surface area (Å²) in [7, 11) is 0. The molecule has 3 amide bonds. The summed E-state index contributed by atoms with van der Waals surface area (Å²) in [5.74, 6) is -5.83. The lowest BCUT2D eigenvalue weighted by Gasteiger charge is -2.37. The molecule has 322 valence electrons. The number of carbonyl (C=O) groups is 6. The van der Waals surface area contributed by atoms with Gasteiger partial charge in [0.15, 0.2) is 0 Å². The molecule has 1 aliphatic rings. The van der Waals surface area contributed by atoms with E-state index < -0.39 is 112 Å². The van der Waals surface area contributed by atoms with Gasteiger partial charge in [-0.1, -0.05) is 6.07 Å². The zero-order chi connectivity index (χ0) is 42.5. The molecule has 0 aromatic carbocycles. The van der Waals surface area contributed by atoms with Gasteiger partial charge in [-0.3, -0.25) is 48.5 Å². The fourth-order valence-electron chi connectivity index (χ4n) is 6.29. The summed E-state index contributed by atoms with van der Waals surface area (Å²) in [5.41, 5.74) is 0.741. The van der Waals surface area contributed by atoms with E-state index in [-0.39, 0.29) is 77.8 Å². The summed E-state index contributed by atoms with van der Waals surface area (Å²) in [4.78, 5) is 85.1. The van der Waals surface area contributed by atoms with Crippen LogP contribution in [0.5, 0.6) is 0 Å². The Hall–Kier alpha value is -4.39. The summed E-state index contributed by atoms with van der Waals surface area (Å²) in [6.45, 7) is -3.95. The number of hydrogen-bond acceptors (Lipinski definition) is 16. The van der Waals surface area contributed by atoms with E-state index in [1.54, 1.807) is 18.2 Å². The maximum absolute atomic E-state index is 12.8. The van der Waals surface area contributed by atoms with Crippen LogP contribution in [0.2, 0.25) is 0 Å². The van der Waals surface area contributed by atoms with Crippen molar-refractivity contribution in [2.24, 2.45) is 0 Å². The number of carboxylic acids is 3. The Morgan fingerprint density at radius 1 is 0.509 bits per heavy atom. The molecule has 3 unspecified atom stereocenters. The second-order valence-electron chi connectivity index (χ2n) is 13.7. The van der Waals surface area contributed by atoms with Crippen molar-refractivity contribution < 1.29 is 74.7 Å². The first-order valence-electron chi connectivity index (χ1n) is 18.6. The fraction of sp³-hybridized carbons (Fsp3) is 0.686. The van der Waals surface area contributed by atoms with E-state index in [1.807, 2.05) is 0 Å². The maximum Gasteiger partial charge on any atom is 0.320 e. The zero-order valence-corrected chi connectivity index (χ0v) is 31.7. The van der Waals surface area contributed by atoms with Gasteiger partial charge in [-0.2, -0.15) is 0 Å². The minimum absolute atomic E-state index is 0.0978. The molecule has 0 fully saturated rings. The van der Waals surface area contributed by atoms with E-state index in [0.29, 0.717) is 11.4 Å². The van der Waals surface area contributed by atoms with Crippen molar-refractivity contribution in [3.63, 3.8) is 0 Å². The summed E-state index contributed by atoms with van der Waals surface area (Å²) in [5, 5.41) is 94.4. The number of carbonyl (C=O) groups excluding carboxylic acids is 3. The standard InChI is InChI=1S/C35H57N7O15/c43-16-24(17-44)37-30(49)7-4-27(33(52)53)40-10-12-41(28(34(54)55)5-8-31(50)38-25(18-45)19-46)14-22-2-1-3-23(36-22)15-42(13-11-40)29(35(56)57)6-9-32(51)39-26(20-47)21-48/h1-3,24-29,43-48H,4-21H2,(H,37,49)(H,38,50)(H,39,51)(H,52,53)(H,54,55)(H,56,57). The first-order chi connectivity index (χ1) is 27.2. The van der Waals surface area contributed by atoms with Gasteiger partial charge in [0.05, 0.1) is 69.2 Å². The number of rotatable bonds is 24. The monoisotopic (exact) mass is 815 g/mol. The molecule has 0 saturated heterocycles. The normalized spacial score (nSPS) is 16.3. The average Bonchev–Trinajstić information content (AvgIpc) is 3.17. The van der Waals surface area contributed by atoms with Gasteiger partial charge >= 0.3 is 17.9 Å². The number of fused-ring (bicyclic) bond motifs is 2. The van der Waals surface area contributed by atoms with E-state index >= 15 is 0 Å². The summed E-state index contributed by atoms with van der Waals surface area (Å²) in [6.07, 6.45) is -1.67. The average molecular weight is 816 g/mol. The molecule has 12 N–H and O–H groups in total. The Bertz CT molecular complexity index is 1370. The Labute approximate surface area is 329 Å². The third-order valence-corrected chi connectivity index (χ3v) is 9.47. The third kappa shape index (κ3) is 16.9. The zero-order valence-electron chi connectivity index (χ0n) is 31.7. The van der Waals surface area contributed by atoms with Crippen LogP contribution in [0.1, 0.15) is 49.9 Å². The highest BCUT2D eigenvalue weighted by molar-refractivity contribution is 5.80. The van der Waals surface area contributed by atoms with Crippen LogP contribution >= 0.6 is 0 Å². The van der Waals surface area contributed by atoms with Gasteiger partial charge in [0.1, 0.15) is 18.1 Å². The van der Waals surface area contributed by atoms with E-state index in [9.17, 15) is 74.7 Å². The fourth-order valence-corrected chi connectivity index (χ4v) is 6.29. The molecule has 1 aromatic heterocycles. The van der Waals surface area contributed by atoms with E-state index in [0.717, 1.165) is 0 Å². The lowest BCUT2D eigenvalue weighted by atomic mass is 10.1. The molecule has 57 heavy (non-hydrogen) atoms. The van der Waals surface area contributed by atoms with Crippen LogP contribution in [0.15, 0.2) is 18.2 Å². The predicted molar refractivity (Wildman–Crippen MR) is 197 cm³/mol. The van der Waals surface area contributed by atoms with Gasteiger partial charge in [0.25, 0.3) is 0 Å². The molecule has 1 aliphatic heterocycles. The molecule has 0 aliphatic carbocycles. The van der Waals surface area contributed by atoms with Crippen molar-refractivity contribution in [3.05, 3.63) is 29.6 Å². The van der Waals surface area contributed by atoms with Crippen LogP contribution in [0.25, 0.3) is 0 Å². The maximum atomic E-state index is 12.8. The molecule has 22 nitrogen and oxygen atoms in total. The molecule has 0 radical (unpaired) electrons. The number of aliphatic hydroxyl groups is 6. The molecule has 0 saturated carbocycles. The second kappa shape index (κ2) is 25.8. The van der Waals surface area contributed by atoms with Crippen molar-refractivity contribution in [1.29, 1.82) is 0 Å². The third-order valence-electron chi connectivity index (χ3n) is 9.47. The molecule has 2 rings (SSSR count). The van der Waals surface area contributed by atoms with E-state index in [4.69, 9.17) is 0 Å². The number of hydrogen-bond donors (Lipinski definition) is 12. The summed E-state index contributed by atoms with van der Waals surface area (Å²) in [6, 6.07) is -1.95. The largest absolute Gasteiger partial charge is 0.480 e. The molecular formula is C35H57N7O15. The Morgan fingerprint density at radius 2 is 0.789 bits per heavy atom. The van der Waals surface area contributed by atoms with Crippen LogP contribution in [0.3, 0.4) is 0 Å². The number of nitrogens with zero attached hydrogens (tertiary/aromatic N) is 4. The second-order valence-corrected chi connectivity index (χ2v) is 13.7. The molecule has 3 atom stereocenters. The summed E-state index contributed by atoms with van der Waals surface area (Å²) < 4.78 is 0. The van der Waals surface area contributed by atoms with Gasteiger partial charge < -0.3 is 61.9 Å². The number of carboxylic acid groups (broad SMARTS) is 3. The number of amides is 3. The molecule has 2 bridgehead atoms. The number of aliphatic hydroxyl groups excluding tert-OH is 6. The van der Waals surface area contributed by atoms with Crippen molar-refractivity contribution in [1.82, 2.24) is 35.6 Å². The van der Waals surface area contributed by atoms with Crippen molar-refractivity contribution in [2.75, 3.05) is 65.8 Å². The van der Waals surface area contributed by atoms with Gasteiger partial charge in [-0.05, 0) is 31.4 Å². The first kappa shape index (κ1) is 48.8. The highest BCUT2D eigenvalue weighted by Crippen LogP contribution is 2.19. The smallest absolute Gasteiger partial charge is 0.320 e. The van der Waals surface area contributed by atoms with Crippen molar-refractivity contribution >= 4 is 35.6 Å². The highest BCUT2D eigenvalue weighted by atomic mass is 16.4. The van der Waals surface area contributed by atoms with Crippen molar-refractivity contribution in [3.8, 4) is 0 Å². The van der Waals surface area contributed by atoms with Crippen LogP contribution in [-0.4, -0.2) is 203 Å². The van der Waals surface area contributed by atoms with Crippen LogP contribution < -0.4 is 16.0 Å². The number of aliphatic carboxylic acids is 3. The molecule has 0 spiro atoms. The summed E-state index contributed by atoms with van der Waals surface area (Å²) >= 11 is 0. The van der Waals surface area contributed by atoms with Crippen LogP contribution in [0.4, 0.5) is 0 Å². The lowest BCUT2D eigenvalue weighted by molar-refractivity contribution is -0.147. The first-order valence-corrected chi connectivity index (χ1v) is 18.6. The number of aromatic nitrogens is 1. The molecular weight excluding hydrogens is 758 g/mol. The Kier molecular flexibility index (Phi) is 22.1.